The number of benzene rings is 1. The van der Waals surface area contributed by atoms with E-state index in [1.165, 1.54) is 0 Å². The van der Waals surface area contributed by atoms with E-state index in [4.69, 9.17) is 16.1 Å². The van der Waals surface area contributed by atoms with E-state index >= 15 is 0 Å². The second-order valence-corrected chi connectivity index (χ2v) is 8.36. The van der Waals surface area contributed by atoms with Crippen LogP contribution in [0.15, 0.2) is 74.7 Å². The first-order valence-electron chi connectivity index (χ1n) is 11.2. The van der Waals surface area contributed by atoms with Crippen molar-refractivity contribution >= 4 is 23.4 Å². The smallest absolute Gasteiger partial charge is 0.276 e. The van der Waals surface area contributed by atoms with Crippen LogP contribution in [0.2, 0.25) is 5.02 Å². The number of carbonyl (C=O) groups is 2. The van der Waals surface area contributed by atoms with Gasteiger partial charge in [-0.2, -0.15) is 4.98 Å². The Bertz CT molecular complexity index is 1150. The van der Waals surface area contributed by atoms with E-state index in [2.05, 4.69) is 31.0 Å². The second-order valence-electron chi connectivity index (χ2n) is 7.92. The maximum atomic E-state index is 12.1. The zero-order valence-corrected chi connectivity index (χ0v) is 19.3. The minimum absolute atomic E-state index is 0.00288. The first-order valence-corrected chi connectivity index (χ1v) is 11.6. The zero-order chi connectivity index (χ0) is 23.8. The predicted molar refractivity (Wildman–Crippen MR) is 127 cm³/mol. The first kappa shape index (κ1) is 23.6. The number of fused-ring (bicyclic) bond motifs is 1. The van der Waals surface area contributed by atoms with E-state index in [9.17, 15) is 9.59 Å². The van der Waals surface area contributed by atoms with Crippen LogP contribution in [0.5, 0.6) is 0 Å². The summed E-state index contributed by atoms with van der Waals surface area (Å²) in [7, 11) is 0. The van der Waals surface area contributed by atoms with Crippen LogP contribution in [0.1, 0.15) is 31.6 Å². The van der Waals surface area contributed by atoms with Gasteiger partial charge in [0.25, 0.3) is 5.91 Å². The maximum absolute atomic E-state index is 12.1. The van der Waals surface area contributed by atoms with Gasteiger partial charge in [-0.1, -0.05) is 41.1 Å². The Morgan fingerprint density at radius 3 is 2.74 bits per heavy atom. The molecule has 1 aromatic carbocycles. The number of azo groups is 1. The molecule has 1 unspecified atom stereocenters. The molecule has 4 rings (SSSR count). The number of aromatic nitrogens is 2. The molecule has 2 aromatic rings. The lowest BCUT2D eigenvalue weighted by Gasteiger charge is -2.20. The Labute approximate surface area is 202 Å². The number of hydrogen-bond donors (Lipinski definition) is 2. The van der Waals surface area contributed by atoms with Gasteiger partial charge in [0.1, 0.15) is 0 Å². The molecule has 2 N–H and O–H groups in total. The Kier molecular flexibility index (Phi) is 7.98. The molecule has 2 heterocycles. The Morgan fingerprint density at radius 1 is 1.06 bits per heavy atom. The Balaban J connectivity index is 1.09. The topological polar surface area (TPSA) is 122 Å². The molecule has 0 bridgehead atoms. The molecule has 1 aromatic heterocycles. The molecule has 2 aliphatic rings. The van der Waals surface area contributed by atoms with Crippen LogP contribution in [-0.4, -0.2) is 35.0 Å². The fourth-order valence-corrected chi connectivity index (χ4v) is 3.71. The van der Waals surface area contributed by atoms with Crippen molar-refractivity contribution in [3.63, 3.8) is 0 Å². The Morgan fingerprint density at radius 2 is 1.88 bits per heavy atom. The molecule has 10 heteroatoms. The lowest BCUT2D eigenvalue weighted by atomic mass is 9.93. The van der Waals surface area contributed by atoms with Gasteiger partial charge in [-0.05, 0) is 43.5 Å². The van der Waals surface area contributed by atoms with E-state index in [1.807, 2.05) is 36.4 Å². The highest BCUT2D eigenvalue weighted by molar-refractivity contribution is 6.30. The van der Waals surface area contributed by atoms with Crippen LogP contribution in [0.4, 0.5) is 0 Å². The molecular weight excluding hydrogens is 456 g/mol. The predicted octanol–water partition coefficient (Wildman–Crippen LogP) is 4.14. The number of amides is 2. The summed E-state index contributed by atoms with van der Waals surface area (Å²) in [6.45, 7) is 1.28. The fourth-order valence-electron chi connectivity index (χ4n) is 3.59. The highest BCUT2D eigenvalue weighted by Gasteiger charge is 2.26. The summed E-state index contributed by atoms with van der Waals surface area (Å²) in [5.41, 5.74) is 1.67. The average molecular weight is 481 g/mol. The highest BCUT2D eigenvalue weighted by atomic mass is 35.5. The number of allylic oxidation sites excluding steroid dienone is 3. The van der Waals surface area contributed by atoms with Gasteiger partial charge in [-0.15, -0.1) is 10.2 Å². The van der Waals surface area contributed by atoms with E-state index in [1.54, 1.807) is 12.1 Å². The largest absolute Gasteiger partial charge is 0.368 e. The van der Waals surface area contributed by atoms with Gasteiger partial charge in [0.05, 0.1) is 5.92 Å². The minimum atomic E-state index is -0.347. The lowest BCUT2D eigenvalue weighted by molar-refractivity contribution is -0.121. The number of carbonyl (C=O) groups excluding carboxylic acids is 2. The van der Waals surface area contributed by atoms with E-state index < -0.39 is 0 Å². The minimum Gasteiger partial charge on any atom is -0.368 e. The van der Waals surface area contributed by atoms with E-state index in [0.717, 1.165) is 24.0 Å². The molecule has 176 valence electrons. The Hall–Kier alpha value is -3.59. The molecule has 0 spiro atoms. The molecule has 1 atom stereocenters. The lowest BCUT2D eigenvalue weighted by Crippen LogP contribution is -2.26. The SMILES string of the molecule is O=C(CCCc1nc(-c2ccc(Cl)cc2)no1)NCCCCNC1=C2C=CC=CC2C(=O)N=N1. The molecule has 34 heavy (non-hydrogen) atoms. The number of aryl methyl sites for hydroxylation is 1. The molecular formula is C24H25ClN6O3. The fraction of sp³-hybridized carbons (Fsp3) is 0.333. The number of rotatable bonds is 11. The summed E-state index contributed by atoms with van der Waals surface area (Å²) in [5, 5.41) is 18.5. The third kappa shape index (κ3) is 6.26. The van der Waals surface area contributed by atoms with Crippen LogP contribution in [0.3, 0.4) is 0 Å². The molecule has 2 amide bonds. The molecule has 9 nitrogen and oxygen atoms in total. The number of nitrogens with zero attached hydrogens (tertiary/aromatic N) is 4. The van der Waals surface area contributed by atoms with Gasteiger partial charge in [-0.3, -0.25) is 9.59 Å². The van der Waals surface area contributed by atoms with Crippen molar-refractivity contribution in [1.82, 2.24) is 20.8 Å². The molecule has 0 fully saturated rings. The van der Waals surface area contributed by atoms with Gasteiger partial charge in [0.15, 0.2) is 5.82 Å². The van der Waals surface area contributed by atoms with Crippen LogP contribution in [0.25, 0.3) is 11.4 Å². The van der Waals surface area contributed by atoms with E-state index in [0.29, 0.717) is 54.9 Å². The van der Waals surface area contributed by atoms with Crippen molar-refractivity contribution in [3.8, 4) is 11.4 Å². The third-order valence-electron chi connectivity index (χ3n) is 5.40. The summed E-state index contributed by atoms with van der Waals surface area (Å²) >= 11 is 5.89. The van der Waals surface area contributed by atoms with Crippen LogP contribution in [0, 0.1) is 5.92 Å². The second kappa shape index (κ2) is 11.5. The van der Waals surface area contributed by atoms with E-state index in [-0.39, 0.29) is 17.7 Å². The van der Waals surface area contributed by atoms with Gasteiger partial charge in [0, 0.05) is 42.1 Å². The molecule has 1 aliphatic carbocycles. The molecule has 0 saturated carbocycles. The number of unbranched alkanes of at least 4 members (excludes halogenated alkanes) is 1. The van der Waals surface area contributed by atoms with Crippen molar-refractivity contribution in [2.45, 2.75) is 32.1 Å². The van der Waals surface area contributed by atoms with Crippen molar-refractivity contribution in [2.75, 3.05) is 13.1 Å². The van der Waals surface area contributed by atoms with Crippen molar-refractivity contribution < 1.29 is 14.1 Å². The van der Waals surface area contributed by atoms with Crippen LogP contribution in [-0.2, 0) is 16.0 Å². The number of nitrogens with one attached hydrogen (secondary N) is 2. The average Bonchev–Trinajstić information content (AvgIpc) is 3.32. The van der Waals surface area contributed by atoms with Crippen molar-refractivity contribution in [2.24, 2.45) is 16.1 Å². The monoisotopic (exact) mass is 480 g/mol. The van der Waals surface area contributed by atoms with Crippen molar-refractivity contribution in [1.29, 1.82) is 0 Å². The number of halogens is 1. The maximum Gasteiger partial charge on any atom is 0.276 e. The van der Waals surface area contributed by atoms with Gasteiger partial charge in [-0.25, -0.2) is 0 Å². The molecule has 1 aliphatic heterocycles. The first-order chi connectivity index (χ1) is 16.6. The third-order valence-corrected chi connectivity index (χ3v) is 5.65. The highest BCUT2D eigenvalue weighted by Crippen LogP contribution is 2.27. The summed E-state index contributed by atoms with van der Waals surface area (Å²) in [4.78, 5) is 28.3. The molecule has 0 saturated heterocycles. The van der Waals surface area contributed by atoms with Crippen LogP contribution >= 0.6 is 11.6 Å². The van der Waals surface area contributed by atoms with Crippen molar-refractivity contribution in [3.05, 3.63) is 70.9 Å². The van der Waals surface area contributed by atoms with Gasteiger partial charge >= 0.3 is 0 Å². The molecule has 0 radical (unpaired) electrons. The normalized spacial score (nSPS) is 16.6. The van der Waals surface area contributed by atoms with Gasteiger partial charge < -0.3 is 15.2 Å². The summed E-state index contributed by atoms with van der Waals surface area (Å²) in [6.07, 6.45) is 10.7. The quantitative estimate of drug-likeness (QED) is 0.466. The standard InChI is InChI=1S/C24H25ClN6O3/c25-17-12-10-16(11-13-17)22-28-21(34-31-22)9-5-8-20(32)26-14-3-4-15-27-23-18-6-1-2-7-19(18)24(33)30-29-23/h1-2,6-7,10-13,19,27H,3-5,8-9,14-15H2,(H,26,32). The van der Waals surface area contributed by atoms with Gasteiger partial charge in [0.2, 0.25) is 17.6 Å². The zero-order valence-electron chi connectivity index (χ0n) is 18.5. The van der Waals surface area contributed by atoms with Crippen LogP contribution < -0.4 is 10.6 Å². The summed E-state index contributed by atoms with van der Waals surface area (Å²) in [6, 6.07) is 7.21. The number of hydrogen-bond acceptors (Lipinski definition) is 7. The summed E-state index contributed by atoms with van der Waals surface area (Å²) in [5.74, 6) is 1.05. The summed E-state index contributed by atoms with van der Waals surface area (Å²) < 4.78 is 5.27.